The third kappa shape index (κ3) is 5.99. The van der Waals surface area contributed by atoms with Crippen molar-refractivity contribution in [2.75, 3.05) is 13.2 Å². The number of unbranched alkanes of at least 4 members (excludes halogenated alkanes) is 2. The maximum absolute atomic E-state index is 5.83. The molecule has 0 radical (unpaired) electrons. The highest BCUT2D eigenvalue weighted by molar-refractivity contribution is 5.28. The van der Waals surface area contributed by atoms with E-state index in [-0.39, 0.29) is 5.92 Å². The molecular weight excluding hydrogens is 304 g/mol. The van der Waals surface area contributed by atoms with Crippen molar-refractivity contribution in [2.24, 2.45) is 17.8 Å². The molecule has 0 saturated heterocycles. The molecule has 0 saturated carbocycles. The fourth-order valence-electron chi connectivity index (χ4n) is 2.98. The van der Waals surface area contributed by atoms with Crippen LogP contribution in [0.4, 0.5) is 0 Å². The Balaban J connectivity index is 2.94. The van der Waals surface area contributed by atoms with Crippen LogP contribution in [0.2, 0.25) is 0 Å². The molecule has 0 aromatic heterocycles. The van der Waals surface area contributed by atoms with E-state index < -0.39 is 5.79 Å². The van der Waals surface area contributed by atoms with Gasteiger partial charge in [-0.2, -0.15) is 9.78 Å². The molecule has 0 N–H and O–H groups in total. The van der Waals surface area contributed by atoms with Gasteiger partial charge in [0.05, 0.1) is 13.2 Å². The van der Waals surface area contributed by atoms with Crippen LogP contribution in [-0.4, -0.2) is 19.0 Å². The zero-order chi connectivity index (χ0) is 18.0. The summed E-state index contributed by atoms with van der Waals surface area (Å²) in [5, 5.41) is 0. The Labute approximate surface area is 148 Å². The Morgan fingerprint density at radius 1 is 0.958 bits per heavy atom. The summed E-state index contributed by atoms with van der Waals surface area (Å²) in [7, 11) is 0. The van der Waals surface area contributed by atoms with Gasteiger partial charge in [-0.05, 0) is 30.8 Å². The second-order valence-electron chi connectivity index (χ2n) is 7.14. The molecule has 0 spiro atoms. The van der Waals surface area contributed by atoms with Crippen LogP contribution in [0.5, 0.6) is 0 Å². The highest BCUT2D eigenvalue weighted by Crippen LogP contribution is 2.42. The monoisotopic (exact) mass is 340 g/mol. The van der Waals surface area contributed by atoms with Crippen molar-refractivity contribution >= 4 is 0 Å². The molecule has 1 aliphatic carbocycles. The van der Waals surface area contributed by atoms with Crippen molar-refractivity contribution in [3.05, 3.63) is 23.8 Å². The molecule has 4 nitrogen and oxygen atoms in total. The molecule has 140 valence electrons. The molecule has 4 heteroatoms. The van der Waals surface area contributed by atoms with Crippen LogP contribution in [0.1, 0.15) is 67.2 Å². The zero-order valence-corrected chi connectivity index (χ0v) is 16.3. The molecule has 0 amide bonds. The number of hydrogen-bond donors (Lipinski definition) is 0. The van der Waals surface area contributed by atoms with Crippen molar-refractivity contribution in [1.29, 1.82) is 0 Å². The first-order chi connectivity index (χ1) is 11.5. The summed E-state index contributed by atoms with van der Waals surface area (Å²) < 4.78 is 0. The van der Waals surface area contributed by atoms with E-state index in [2.05, 4.69) is 47.6 Å². The SMILES string of the molecule is CCCCOOC1(OOCCCC)C=CC=C(C(C)C)C1C(C)C. The first kappa shape index (κ1) is 21.4. The van der Waals surface area contributed by atoms with Crippen LogP contribution in [0, 0.1) is 17.8 Å². The Kier molecular flexibility index (Phi) is 9.82. The fourth-order valence-corrected chi connectivity index (χ4v) is 2.98. The maximum Gasteiger partial charge on any atom is 0.259 e. The lowest BCUT2D eigenvalue weighted by atomic mass is 9.74. The third-order valence-corrected chi connectivity index (χ3v) is 4.28. The molecule has 24 heavy (non-hydrogen) atoms. The Morgan fingerprint density at radius 3 is 1.92 bits per heavy atom. The minimum Gasteiger partial charge on any atom is -0.233 e. The lowest BCUT2D eigenvalue weighted by Crippen LogP contribution is -2.47. The average Bonchev–Trinajstić information content (AvgIpc) is 2.55. The van der Waals surface area contributed by atoms with Crippen molar-refractivity contribution in [3.8, 4) is 0 Å². The molecule has 1 rings (SSSR count). The van der Waals surface area contributed by atoms with Gasteiger partial charge in [-0.1, -0.05) is 72.1 Å². The molecular formula is C20H36O4. The summed E-state index contributed by atoms with van der Waals surface area (Å²) in [4.78, 5) is 22.7. The quantitative estimate of drug-likeness (QED) is 0.200. The second-order valence-corrected chi connectivity index (χ2v) is 7.14. The molecule has 0 aromatic rings. The van der Waals surface area contributed by atoms with E-state index in [1.165, 1.54) is 5.57 Å². The van der Waals surface area contributed by atoms with Crippen LogP contribution in [-0.2, 0) is 19.6 Å². The van der Waals surface area contributed by atoms with Gasteiger partial charge in [-0.3, -0.25) is 0 Å². The lowest BCUT2D eigenvalue weighted by Gasteiger charge is -2.41. The summed E-state index contributed by atoms with van der Waals surface area (Å²) in [6, 6.07) is 0. The molecule has 0 aliphatic heterocycles. The van der Waals surface area contributed by atoms with Crippen LogP contribution >= 0.6 is 0 Å². The Hall–Kier alpha value is -0.680. The van der Waals surface area contributed by atoms with E-state index in [9.17, 15) is 0 Å². The van der Waals surface area contributed by atoms with E-state index in [1.54, 1.807) is 0 Å². The average molecular weight is 341 g/mol. The summed E-state index contributed by atoms with van der Waals surface area (Å²) in [6.07, 6.45) is 10.1. The van der Waals surface area contributed by atoms with Crippen LogP contribution in [0.3, 0.4) is 0 Å². The summed E-state index contributed by atoms with van der Waals surface area (Å²) in [5.41, 5.74) is 1.30. The minimum absolute atomic E-state index is 0.0470. The fraction of sp³-hybridized carbons (Fsp3) is 0.800. The predicted molar refractivity (Wildman–Crippen MR) is 97.0 cm³/mol. The molecule has 0 bridgehead atoms. The van der Waals surface area contributed by atoms with Crippen molar-refractivity contribution in [2.45, 2.75) is 73.0 Å². The lowest BCUT2D eigenvalue weighted by molar-refractivity contribution is -0.507. The number of rotatable bonds is 12. The Bertz CT molecular complexity index is 386. The third-order valence-electron chi connectivity index (χ3n) is 4.28. The summed E-state index contributed by atoms with van der Waals surface area (Å²) >= 11 is 0. The van der Waals surface area contributed by atoms with Gasteiger partial charge in [0.2, 0.25) is 0 Å². The number of hydrogen-bond acceptors (Lipinski definition) is 4. The first-order valence-corrected chi connectivity index (χ1v) is 9.49. The van der Waals surface area contributed by atoms with Gasteiger partial charge in [0.15, 0.2) is 0 Å². The molecule has 1 unspecified atom stereocenters. The second kappa shape index (κ2) is 11.0. The Morgan fingerprint density at radius 2 is 1.50 bits per heavy atom. The van der Waals surface area contributed by atoms with Gasteiger partial charge in [0.25, 0.3) is 5.79 Å². The summed E-state index contributed by atoms with van der Waals surface area (Å²) in [5.74, 6) is -0.247. The summed E-state index contributed by atoms with van der Waals surface area (Å²) in [6.45, 7) is 14.1. The van der Waals surface area contributed by atoms with Crippen molar-refractivity contribution in [3.63, 3.8) is 0 Å². The largest absolute Gasteiger partial charge is 0.259 e. The van der Waals surface area contributed by atoms with Gasteiger partial charge < -0.3 is 0 Å². The van der Waals surface area contributed by atoms with E-state index in [1.807, 2.05) is 12.2 Å². The maximum atomic E-state index is 5.83. The molecule has 1 aliphatic rings. The van der Waals surface area contributed by atoms with E-state index in [0.29, 0.717) is 25.0 Å². The molecule has 0 fully saturated rings. The first-order valence-electron chi connectivity index (χ1n) is 9.49. The van der Waals surface area contributed by atoms with Crippen molar-refractivity contribution < 1.29 is 19.6 Å². The van der Waals surface area contributed by atoms with Gasteiger partial charge in [0, 0.05) is 5.92 Å². The van der Waals surface area contributed by atoms with Crippen LogP contribution < -0.4 is 0 Å². The molecule has 1 atom stereocenters. The van der Waals surface area contributed by atoms with E-state index >= 15 is 0 Å². The van der Waals surface area contributed by atoms with Crippen LogP contribution in [0.25, 0.3) is 0 Å². The smallest absolute Gasteiger partial charge is 0.233 e. The van der Waals surface area contributed by atoms with E-state index in [0.717, 1.165) is 25.7 Å². The molecule has 0 heterocycles. The van der Waals surface area contributed by atoms with Gasteiger partial charge >= 0.3 is 0 Å². The minimum atomic E-state index is -1.02. The van der Waals surface area contributed by atoms with Gasteiger partial charge in [-0.25, -0.2) is 9.78 Å². The van der Waals surface area contributed by atoms with E-state index in [4.69, 9.17) is 19.6 Å². The predicted octanol–water partition coefficient (Wildman–Crippen LogP) is 5.60. The highest BCUT2D eigenvalue weighted by Gasteiger charge is 2.47. The van der Waals surface area contributed by atoms with Crippen LogP contribution in [0.15, 0.2) is 23.8 Å². The standard InChI is InChI=1S/C20H36O4/c1-7-9-14-21-23-20(24-22-15-10-8-2)13-11-12-18(16(3)4)19(20)17(5)6/h11-13,16-17,19H,7-10,14-15H2,1-6H3. The molecule has 0 aromatic carbocycles. The van der Waals surface area contributed by atoms with Crippen molar-refractivity contribution in [1.82, 2.24) is 0 Å². The van der Waals surface area contributed by atoms with Gasteiger partial charge in [0.1, 0.15) is 0 Å². The number of allylic oxidation sites excluding steroid dienone is 2. The normalized spacial score (nSPS) is 20.0. The van der Waals surface area contributed by atoms with Gasteiger partial charge in [-0.15, -0.1) is 0 Å². The highest BCUT2D eigenvalue weighted by atomic mass is 17.3. The topological polar surface area (TPSA) is 36.9 Å². The zero-order valence-electron chi connectivity index (χ0n) is 16.3.